The van der Waals surface area contributed by atoms with E-state index in [-0.39, 0.29) is 35.8 Å². The zero-order valence-corrected chi connectivity index (χ0v) is 14.1. The molecular formula is C18H12F2N4O4. The Kier molecular flexibility index (Phi) is 4.22. The number of H-pyrrole nitrogens is 1. The number of carbonyl (C=O) groups excluding carboxylic acids is 2. The maximum absolute atomic E-state index is 13.4. The predicted octanol–water partition coefficient (Wildman–Crippen LogP) is 1.46. The summed E-state index contributed by atoms with van der Waals surface area (Å²) in [6, 6.07) is 6.47. The van der Waals surface area contributed by atoms with Crippen LogP contribution in [-0.4, -0.2) is 28.4 Å². The Balaban J connectivity index is 1.54. The molecule has 10 heteroatoms. The van der Waals surface area contributed by atoms with Crippen molar-refractivity contribution in [2.24, 2.45) is 0 Å². The number of amides is 2. The van der Waals surface area contributed by atoms with Crippen LogP contribution in [-0.2, 0) is 11.3 Å². The molecule has 1 aliphatic rings. The maximum Gasteiger partial charge on any atom is 0.287 e. The number of benzene rings is 2. The van der Waals surface area contributed by atoms with E-state index in [1.54, 1.807) is 18.2 Å². The summed E-state index contributed by atoms with van der Waals surface area (Å²) in [5, 5.41) is 5.05. The third-order valence-corrected chi connectivity index (χ3v) is 4.09. The van der Waals surface area contributed by atoms with Crippen molar-refractivity contribution in [3.05, 3.63) is 63.7 Å². The van der Waals surface area contributed by atoms with Crippen molar-refractivity contribution in [3.63, 3.8) is 0 Å². The van der Waals surface area contributed by atoms with Crippen LogP contribution in [0.25, 0.3) is 10.9 Å². The summed E-state index contributed by atoms with van der Waals surface area (Å²) < 4.78 is 31.9. The second-order valence-electron chi connectivity index (χ2n) is 6.05. The molecule has 0 unspecified atom stereocenters. The molecule has 8 nitrogen and oxygen atoms in total. The molecule has 0 atom stereocenters. The lowest BCUT2D eigenvalue weighted by molar-refractivity contribution is -0.118. The summed E-state index contributed by atoms with van der Waals surface area (Å²) in [5.74, 6) is -3.16. The van der Waals surface area contributed by atoms with E-state index in [1.807, 2.05) is 0 Å². The molecule has 1 aliphatic heterocycles. The van der Waals surface area contributed by atoms with Crippen molar-refractivity contribution in [1.29, 1.82) is 0 Å². The predicted molar refractivity (Wildman–Crippen MR) is 94.0 cm³/mol. The van der Waals surface area contributed by atoms with Crippen molar-refractivity contribution >= 4 is 28.4 Å². The first-order chi connectivity index (χ1) is 13.4. The van der Waals surface area contributed by atoms with Gasteiger partial charge in [0.1, 0.15) is 5.75 Å². The minimum atomic E-state index is -1.18. The van der Waals surface area contributed by atoms with Crippen LogP contribution in [0.3, 0.4) is 0 Å². The normalized spacial score (nSPS) is 12.9. The van der Waals surface area contributed by atoms with Gasteiger partial charge in [-0.15, -0.1) is 0 Å². The molecule has 0 saturated carbocycles. The first-order valence-corrected chi connectivity index (χ1v) is 8.13. The van der Waals surface area contributed by atoms with Crippen LogP contribution in [0.15, 0.2) is 35.1 Å². The zero-order chi connectivity index (χ0) is 19.8. The van der Waals surface area contributed by atoms with Gasteiger partial charge in [-0.3, -0.25) is 14.4 Å². The molecule has 2 heterocycles. The number of hydrogen-bond donors (Lipinski definition) is 3. The van der Waals surface area contributed by atoms with Gasteiger partial charge in [-0.25, -0.2) is 13.8 Å². The molecule has 0 spiro atoms. The SMILES string of the molecule is O=C1COc2ccc(CNC(=O)c3nc4cc(F)c(F)cc4c(=O)[nH]3)cc2N1. The van der Waals surface area contributed by atoms with Crippen molar-refractivity contribution in [2.45, 2.75) is 6.54 Å². The van der Waals surface area contributed by atoms with E-state index < -0.39 is 23.1 Å². The van der Waals surface area contributed by atoms with E-state index in [4.69, 9.17) is 4.74 Å². The number of fused-ring (bicyclic) bond motifs is 2. The monoisotopic (exact) mass is 386 g/mol. The quantitative estimate of drug-likeness (QED) is 0.631. The second-order valence-corrected chi connectivity index (χ2v) is 6.05. The fraction of sp³-hybridized carbons (Fsp3) is 0.111. The molecule has 3 aromatic rings. The minimum Gasteiger partial charge on any atom is -0.482 e. The van der Waals surface area contributed by atoms with Crippen molar-refractivity contribution in [1.82, 2.24) is 15.3 Å². The zero-order valence-electron chi connectivity index (χ0n) is 14.1. The lowest BCUT2D eigenvalue weighted by Gasteiger charge is -2.18. The van der Waals surface area contributed by atoms with Crippen molar-refractivity contribution < 1.29 is 23.1 Å². The smallest absolute Gasteiger partial charge is 0.287 e. The summed E-state index contributed by atoms with van der Waals surface area (Å²) in [6.45, 7) is 0.0100. The van der Waals surface area contributed by atoms with Gasteiger partial charge in [-0.05, 0) is 23.8 Å². The molecule has 2 amide bonds. The van der Waals surface area contributed by atoms with Crippen LogP contribution in [0.4, 0.5) is 14.5 Å². The number of nitrogens with one attached hydrogen (secondary N) is 3. The topological polar surface area (TPSA) is 113 Å². The van der Waals surface area contributed by atoms with Crippen LogP contribution in [0, 0.1) is 11.6 Å². The molecule has 0 radical (unpaired) electrons. The highest BCUT2D eigenvalue weighted by Gasteiger charge is 2.17. The van der Waals surface area contributed by atoms with E-state index in [2.05, 4.69) is 20.6 Å². The molecule has 0 bridgehead atoms. The van der Waals surface area contributed by atoms with E-state index in [1.165, 1.54) is 0 Å². The number of rotatable bonds is 3. The molecule has 0 aliphatic carbocycles. The summed E-state index contributed by atoms with van der Waals surface area (Å²) in [7, 11) is 0. The van der Waals surface area contributed by atoms with Crippen LogP contribution in [0.1, 0.15) is 16.2 Å². The van der Waals surface area contributed by atoms with E-state index >= 15 is 0 Å². The molecule has 3 N–H and O–H groups in total. The molecule has 2 aromatic carbocycles. The molecule has 142 valence electrons. The third kappa shape index (κ3) is 3.27. The minimum absolute atomic E-state index is 0.0609. The molecule has 28 heavy (non-hydrogen) atoms. The number of hydrogen-bond acceptors (Lipinski definition) is 5. The molecule has 0 saturated heterocycles. The van der Waals surface area contributed by atoms with Gasteiger partial charge in [0.25, 0.3) is 17.4 Å². The number of ether oxygens (including phenoxy) is 1. The van der Waals surface area contributed by atoms with Crippen molar-refractivity contribution in [3.8, 4) is 5.75 Å². The fourth-order valence-electron chi connectivity index (χ4n) is 2.75. The largest absolute Gasteiger partial charge is 0.482 e. The lowest BCUT2D eigenvalue weighted by atomic mass is 10.1. The molecule has 1 aromatic heterocycles. The van der Waals surface area contributed by atoms with E-state index in [9.17, 15) is 23.2 Å². The van der Waals surface area contributed by atoms with Gasteiger partial charge in [0.05, 0.1) is 16.6 Å². The third-order valence-electron chi connectivity index (χ3n) is 4.09. The maximum atomic E-state index is 13.4. The van der Waals surface area contributed by atoms with Gasteiger partial charge in [0.2, 0.25) is 0 Å². The lowest BCUT2D eigenvalue weighted by Crippen LogP contribution is -2.28. The van der Waals surface area contributed by atoms with Gasteiger partial charge in [0.15, 0.2) is 24.1 Å². The van der Waals surface area contributed by atoms with Crippen LogP contribution < -0.4 is 20.9 Å². The highest BCUT2D eigenvalue weighted by atomic mass is 19.2. The number of halogens is 2. The van der Waals surface area contributed by atoms with Gasteiger partial charge < -0.3 is 20.4 Å². The average Bonchev–Trinajstić information content (AvgIpc) is 2.67. The van der Waals surface area contributed by atoms with Crippen LogP contribution in [0.5, 0.6) is 5.75 Å². The van der Waals surface area contributed by atoms with Gasteiger partial charge in [-0.2, -0.15) is 0 Å². The van der Waals surface area contributed by atoms with Crippen LogP contribution >= 0.6 is 0 Å². The highest BCUT2D eigenvalue weighted by molar-refractivity contribution is 5.95. The first kappa shape index (κ1) is 17.6. The van der Waals surface area contributed by atoms with E-state index in [0.29, 0.717) is 17.0 Å². The second kappa shape index (κ2) is 6.72. The molecule has 0 fully saturated rings. The van der Waals surface area contributed by atoms with Gasteiger partial charge >= 0.3 is 0 Å². The average molecular weight is 386 g/mol. The van der Waals surface area contributed by atoms with Gasteiger partial charge in [-0.1, -0.05) is 6.07 Å². The molecule has 4 rings (SSSR count). The standard InChI is InChI=1S/C18H12F2N4O4/c19-10-4-9-12(5-11(10)20)23-16(24-17(9)26)18(27)21-6-8-1-2-14-13(3-8)22-15(25)7-28-14/h1-5H,6-7H2,(H,21,27)(H,22,25)(H,23,24,26). The highest BCUT2D eigenvalue weighted by Crippen LogP contribution is 2.28. The number of carbonyl (C=O) groups is 2. The summed E-state index contributed by atoms with van der Waals surface area (Å²) in [5.41, 5.74) is 0.246. The van der Waals surface area contributed by atoms with Crippen molar-refractivity contribution in [2.75, 3.05) is 11.9 Å². The summed E-state index contributed by atoms with van der Waals surface area (Å²) in [4.78, 5) is 41.8. The Hall–Kier alpha value is -3.82. The fourth-order valence-corrected chi connectivity index (χ4v) is 2.75. The Bertz CT molecular complexity index is 1190. The Morgan fingerprint density at radius 1 is 1.18 bits per heavy atom. The van der Waals surface area contributed by atoms with E-state index in [0.717, 1.165) is 12.1 Å². The Labute approximate surface area is 155 Å². The Morgan fingerprint density at radius 2 is 1.96 bits per heavy atom. The molecular weight excluding hydrogens is 374 g/mol. The summed E-state index contributed by atoms with van der Waals surface area (Å²) >= 11 is 0. The number of anilines is 1. The summed E-state index contributed by atoms with van der Waals surface area (Å²) in [6.07, 6.45) is 0. The first-order valence-electron chi connectivity index (χ1n) is 8.13. The number of nitrogens with zero attached hydrogens (tertiary/aromatic N) is 1. The Morgan fingerprint density at radius 3 is 2.79 bits per heavy atom. The number of aromatic nitrogens is 2. The van der Waals surface area contributed by atoms with Gasteiger partial charge in [0, 0.05) is 12.6 Å². The van der Waals surface area contributed by atoms with Crippen LogP contribution in [0.2, 0.25) is 0 Å². The number of aromatic amines is 1.